The van der Waals surface area contributed by atoms with Gasteiger partial charge in [-0.15, -0.1) is 22.9 Å². The average Bonchev–Trinajstić information content (AvgIpc) is 2.43. The zero-order chi connectivity index (χ0) is 11.0. The van der Waals surface area contributed by atoms with E-state index in [9.17, 15) is 4.79 Å². The first-order valence-corrected chi connectivity index (χ1v) is 6.03. The highest BCUT2D eigenvalue weighted by Gasteiger charge is 2.11. The van der Waals surface area contributed by atoms with E-state index in [0.717, 1.165) is 20.7 Å². The number of hydrogen-bond acceptors (Lipinski definition) is 3. The molecule has 2 aromatic heterocycles. The van der Waals surface area contributed by atoms with Crippen LogP contribution in [0, 0.1) is 13.8 Å². The van der Waals surface area contributed by atoms with Crippen LogP contribution < -0.4 is 5.56 Å². The predicted octanol–water partition coefficient (Wildman–Crippen LogP) is 2.38. The van der Waals surface area contributed by atoms with Crippen molar-refractivity contribution in [2.24, 2.45) is 0 Å². The molecule has 0 amide bonds. The molecule has 0 bridgehead atoms. The molecular weight excluding hydrogens is 232 g/mol. The molecule has 0 radical (unpaired) electrons. The van der Waals surface area contributed by atoms with Crippen molar-refractivity contribution in [3.63, 3.8) is 0 Å². The van der Waals surface area contributed by atoms with Gasteiger partial charge in [-0.2, -0.15) is 0 Å². The van der Waals surface area contributed by atoms with Crippen LogP contribution in [0.5, 0.6) is 0 Å². The number of nitrogens with zero attached hydrogens (tertiary/aromatic N) is 1. The molecule has 0 aromatic carbocycles. The maximum absolute atomic E-state index is 11.8. The fourth-order valence-electron chi connectivity index (χ4n) is 1.51. The molecule has 2 rings (SSSR count). The fourth-order valence-corrected chi connectivity index (χ4v) is 2.74. The second-order valence-electron chi connectivity index (χ2n) is 3.42. The number of rotatable bonds is 2. The van der Waals surface area contributed by atoms with Gasteiger partial charge in [-0.25, -0.2) is 4.98 Å². The van der Waals surface area contributed by atoms with Gasteiger partial charge in [0, 0.05) is 17.2 Å². The van der Waals surface area contributed by atoms with Crippen molar-refractivity contribution in [1.82, 2.24) is 9.97 Å². The maximum atomic E-state index is 11.8. The van der Waals surface area contributed by atoms with E-state index < -0.39 is 0 Å². The molecule has 5 heteroatoms. The standard InChI is InChI=1S/C10H11ClN2OS/c1-5-6(2)15-10-8(5)9(14)12-7(13-10)3-4-11/h3-4H2,1-2H3,(H,12,13,14). The molecule has 0 aliphatic heterocycles. The minimum atomic E-state index is -0.0537. The van der Waals surface area contributed by atoms with E-state index in [-0.39, 0.29) is 5.56 Å². The molecule has 0 atom stereocenters. The molecular formula is C10H11ClN2OS. The number of thiophene rings is 1. The molecule has 15 heavy (non-hydrogen) atoms. The van der Waals surface area contributed by atoms with Gasteiger partial charge in [0.1, 0.15) is 10.7 Å². The summed E-state index contributed by atoms with van der Waals surface area (Å²) in [6, 6.07) is 0. The van der Waals surface area contributed by atoms with Gasteiger partial charge in [0.2, 0.25) is 0 Å². The van der Waals surface area contributed by atoms with Crippen LogP contribution in [0.15, 0.2) is 4.79 Å². The number of fused-ring (bicyclic) bond motifs is 1. The molecule has 0 fully saturated rings. The van der Waals surface area contributed by atoms with Gasteiger partial charge in [0.25, 0.3) is 5.56 Å². The zero-order valence-electron chi connectivity index (χ0n) is 8.56. The Balaban J connectivity index is 2.73. The second-order valence-corrected chi connectivity index (χ2v) is 5.00. The van der Waals surface area contributed by atoms with E-state index >= 15 is 0 Å². The first-order valence-electron chi connectivity index (χ1n) is 4.68. The van der Waals surface area contributed by atoms with Crippen LogP contribution in [0.2, 0.25) is 0 Å². The predicted molar refractivity (Wildman–Crippen MR) is 64.1 cm³/mol. The number of aromatic nitrogens is 2. The lowest BCUT2D eigenvalue weighted by Gasteiger charge is -1.97. The molecule has 0 aliphatic rings. The summed E-state index contributed by atoms with van der Waals surface area (Å²) in [5.41, 5.74) is 0.975. The highest BCUT2D eigenvalue weighted by Crippen LogP contribution is 2.25. The van der Waals surface area contributed by atoms with Gasteiger partial charge < -0.3 is 4.98 Å². The Labute approximate surface area is 96.1 Å². The van der Waals surface area contributed by atoms with Gasteiger partial charge >= 0.3 is 0 Å². The molecule has 2 heterocycles. The molecule has 80 valence electrons. The highest BCUT2D eigenvalue weighted by atomic mass is 35.5. The Bertz CT molecular complexity index is 558. The lowest BCUT2D eigenvalue weighted by Crippen LogP contribution is -2.11. The summed E-state index contributed by atoms with van der Waals surface area (Å²) in [7, 11) is 0. The molecule has 0 aliphatic carbocycles. The summed E-state index contributed by atoms with van der Waals surface area (Å²) < 4.78 is 0. The van der Waals surface area contributed by atoms with Crippen LogP contribution in [-0.2, 0) is 6.42 Å². The number of aryl methyl sites for hydroxylation is 3. The summed E-state index contributed by atoms with van der Waals surface area (Å²) in [5.74, 6) is 1.14. The summed E-state index contributed by atoms with van der Waals surface area (Å²) in [4.78, 5) is 20.9. The first-order chi connectivity index (χ1) is 7.13. The van der Waals surface area contributed by atoms with Crippen LogP contribution in [0.25, 0.3) is 10.2 Å². The first kappa shape index (κ1) is 10.6. The Morgan fingerprint density at radius 1 is 1.47 bits per heavy atom. The topological polar surface area (TPSA) is 45.8 Å². The zero-order valence-corrected chi connectivity index (χ0v) is 10.1. The number of aromatic amines is 1. The third kappa shape index (κ3) is 1.79. The van der Waals surface area contributed by atoms with Crippen LogP contribution >= 0.6 is 22.9 Å². The van der Waals surface area contributed by atoms with E-state index in [4.69, 9.17) is 11.6 Å². The second kappa shape index (κ2) is 3.94. The Hall–Kier alpha value is -0.870. The van der Waals surface area contributed by atoms with Gasteiger partial charge in [0.05, 0.1) is 5.39 Å². The van der Waals surface area contributed by atoms with Crippen molar-refractivity contribution in [2.75, 3.05) is 5.88 Å². The Kier molecular flexibility index (Phi) is 2.80. The van der Waals surface area contributed by atoms with Crippen molar-refractivity contribution >= 4 is 33.2 Å². The van der Waals surface area contributed by atoms with Gasteiger partial charge in [-0.1, -0.05) is 0 Å². The quantitative estimate of drug-likeness (QED) is 0.822. The summed E-state index contributed by atoms with van der Waals surface area (Å²) in [5, 5.41) is 0.718. The smallest absolute Gasteiger partial charge is 0.259 e. The Morgan fingerprint density at radius 2 is 2.20 bits per heavy atom. The normalized spacial score (nSPS) is 11.1. The van der Waals surface area contributed by atoms with E-state index in [1.54, 1.807) is 11.3 Å². The third-order valence-electron chi connectivity index (χ3n) is 2.42. The lowest BCUT2D eigenvalue weighted by atomic mass is 10.2. The van der Waals surface area contributed by atoms with E-state index in [0.29, 0.717) is 18.1 Å². The van der Waals surface area contributed by atoms with Gasteiger partial charge in [-0.05, 0) is 19.4 Å². The molecule has 0 unspecified atom stereocenters. The molecule has 0 spiro atoms. The van der Waals surface area contributed by atoms with Crippen molar-refractivity contribution in [3.8, 4) is 0 Å². The minimum Gasteiger partial charge on any atom is -0.310 e. The van der Waals surface area contributed by atoms with E-state index in [2.05, 4.69) is 9.97 Å². The summed E-state index contributed by atoms with van der Waals surface area (Å²) >= 11 is 7.18. The molecule has 3 nitrogen and oxygen atoms in total. The van der Waals surface area contributed by atoms with Crippen molar-refractivity contribution in [1.29, 1.82) is 0 Å². The molecule has 2 aromatic rings. The van der Waals surface area contributed by atoms with Crippen LogP contribution in [0.4, 0.5) is 0 Å². The summed E-state index contributed by atoms with van der Waals surface area (Å²) in [6.45, 7) is 3.95. The number of alkyl halides is 1. The van der Waals surface area contributed by atoms with Gasteiger partial charge in [0.15, 0.2) is 0 Å². The van der Waals surface area contributed by atoms with Crippen LogP contribution in [-0.4, -0.2) is 15.8 Å². The molecule has 0 saturated carbocycles. The average molecular weight is 243 g/mol. The summed E-state index contributed by atoms with van der Waals surface area (Å²) in [6.07, 6.45) is 0.600. The molecule has 1 N–H and O–H groups in total. The number of hydrogen-bond donors (Lipinski definition) is 1. The number of H-pyrrole nitrogens is 1. The fraction of sp³-hybridized carbons (Fsp3) is 0.400. The van der Waals surface area contributed by atoms with Crippen LogP contribution in [0.1, 0.15) is 16.3 Å². The largest absolute Gasteiger partial charge is 0.310 e. The molecule has 0 saturated heterocycles. The monoisotopic (exact) mass is 242 g/mol. The van der Waals surface area contributed by atoms with Crippen molar-refractivity contribution < 1.29 is 0 Å². The maximum Gasteiger partial charge on any atom is 0.259 e. The van der Waals surface area contributed by atoms with Crippen molar-refractivity contribution in [2.45, 2.75) is 20.3 Å². The Morgan fingerprint density at radius 3 is 2.87 bits per heavy atom. The van der Waals surface area contributed by atoms with E-state index in [1.165, 1.54) is 0 Å². The minimum absolute atomic E-state index is 0.0537. The van der Waals surface area contributed by atoms with Gasteiger partial charge in [-0.3, -0.25) is 4.79 Å². The highest BCUT2D eigenvalue weighted by molar-refractivity contribution is 7.18. The number of nitrogens with one attached hydrogen (secondary N) is 1. The van der Waals surface area contributed by atoms with Crippen LogP contribution in [0.3, 0.4) is 0 Å². The SMILES string of the molecule is Cc1sc2nc(CCCl)[nH]c(=O)c2c1C. The lowest BCUT2D eigenvalue weighted by molar-refractivity contribution is 0.952. The van der Waals surface area contributed by atoms with E-state index in [1.807, 2.05) is 13.8 Å². The van der Waals surface area contributed by atoms with Crippen molar-refractivity contribution in [3.05, 3.63) is 26.6 Å². The third-order valence-corrected chi connectivity index (χ3v) is 3.71. The number of halogens is 1.